The zero-order chi connectivity index (χ0) is 11.7. The Balaban J connectivity index is 2.30. The van der Waals surface area contributed by atoms with Gasteiger partial charge < -0.3 is 0 Å². The van der Waals surface area contributed by atoms with Crippen molar-refractivity contribution < 1.29 is 0 Å². The number of nitrogens with zero attached hydrogens (tertiary/aromatic N) is 2. The van der Waals surface area contributed by atoms with Crippen molar-refractivity contribution in [3.63, 3.8) is 0 Å². The summed E-state index contributed by atoms with van der Waals surface area (Å²) in [5.74, 6) is 0. The highest BCUT2D eigenvalue weighted by Gasteiger charge is 2.05. The molecule has 0 aliphatic rings. The zero-order valence-corrected chi connectivity index (χ0v) is 9.65. The van der Waals surface area contributed by atoms with Gasteiger partial charge in [0, 0.05) is 22.7 Å². The largest absolute Gasteiger partial charge is 0.279 e. The molecular weight excluding hydrogens is 232 g/mol. The third kappa shape index (κ3) is 1.83. The fourth-order valence-corrected chi connectivity index (χ4v) is 2.63. The first-order valence-corrected chi connectivity index (χ1v) is 5.96. The lowest BCUT2D eigenvalue weighted by Crippen LogP contribution is -2.05. The van der Waals surface area contributed by atoms with Gasteiger partial charge in [-0.1, -0.05) is 12.1 Å². The van der Waals surface area contributed by atoms with E-state index in [9.17, 15) is 4.79 Å². The molecule has 3 aromatic rings. The highest BCUT2D eigenvalue weighted by Crippen LogP contribution is 2.24. The molecule has 17 heavy (non-hydrogen) atoms. The van der Waals surface area contributed by atoms with Gasteiger partial charge in [0.05, 0.1) is 5.39 Å². The van der Waals surface area contributed by atoms with E-state index < -0.39 is 0 Å². The maximum atomic E-state index is 11.9. The lowest BCUT2D eigenvalue weighted by molar-refractivity contribution is 1.29. The van der Waals surface area contributed by atoms with Gasteiger partial charge in [-0.15, -0.1) is 11.3 Å². The Hall–Kier alpha value is -2.07. The molecule has 82 valence electrons. The average Bonchev–Trinajstić information content (AvgIpc) is 2.40. The molecule has 0 N–H and O–H groups in total. The van der Waals surface area contributed by atoms with Crippen molar-refractivity contribution >= 4 is 21.4 Å². The van der Waals surface area contributed by atoms with Crippen LogP contribution < -0.4 is 5.56 Å². The number of hydrogen-bond donors (Lipinski definition) is 0. The Morgan fingerprint density at radius 2 is 1.76 bits per heavy atom. The molecule has 0 aliphatic carbocycles. The molecule has 0 unspecified atom stereocenters. The summed E-state index contributed by atoms with van der Waals surface area (Å²) in [7, 11) is 0. The molecule has 3 nitrogen and oxygen atoms in total. The van der Waals surface area contributed by atoms with Crippen LogP contribution in [0, 0.1) is 0 Å². The Morgan fingerprint density at radius 1 is 1.00 bits per heavy atom. The van der Waals surface area contributed by atoms with Gasteiger partial charge >= 0.3 is 0 Å². The van der Waals surface area contributed by atoms with Gasteiger partial charge in [0.1, 0.15) is 5.01 Å². The smallest absolute Gasteiger partial charge is 0.267 e. The topological polar surface area (TPSA) is 42.9 Å². The van der Waals surface area contributed by atoms with Crippen molar-refractivity contribution in [1.82, 2.24) is 9.97 Å². The zero-order valence-electron chi connectivity index (χ0n) is 8.83. The van der Waals surface area contributed by atoms with Crippen LogP contribution in [-0.4, -0.2) is 9.97 Å². The predicted molar refractivity (Wildman–Crippen MR) is 69.1 cm³/mol. The molecule has 0 saturated carbocycles. The van der Waals surface area contributed by atoms with Crippen LogP contribution in [0.4, 0.5) is 0 Å². The van der Waals surface area contributed by atoms with Crippen molar-refractivity contribution in [2.45, 2.75) is 0 Å². The maximum Gasteiger partial charge on any atom is 0.279 e. The first-order valence-electron chi connectivity index (χ1n) is 5.15. The normalized spacial score (nSPS) is 10.6. The first kappa shape index (κ1) is 10.1. The van der Waals surface area contributed by atoms with Crippen molar-refractivity contribution in [1.29, 1.82) is 0 Å². The third-order valence-electron chi connectivity index (χ3n) is 2.45. The number of rotatable bonds is 1. The maximum absolute atomic E-state index is 11.9. The molecule has 0 aliphatic heterocycles. The molecule has 1 aromatic carbocycles. The van der Waals surface area contributed by atoms with E-state index in [2.05, 4.69) is 9.97 Å². The number of benzene rings is 1. The van der Waals surface area contributed by atoms with Crippen LogP contribution in [0.25, 0.3) is 20.7 Å². The van der Waals surface area contributed by atoms with E-state index in [0.717, 1.165) is 15.3 Å². The minimum absolute atomic E-state index is 0.175. The minimum Gasteiger partial charge on any atom is -0.267 e. The number of hydrogen-bond acceptors (Lipinski definition) is 4. The van der Waals surface area contributed by atoms with Gasteiger partial charge in [-0.3, -0.25) is 9.78 Å². The van der Waals surface area contributed by atoms with Crippen molar-refractivity contribution in [3.8, 4) is 10.6 Å². The monoisotopic (exact) mass is 240 g/mol. The summed E-state index contributed by atoms with van der Waals surface area (Å²) in [6.07, 6.45) is 3.40. The van der Waals surface area contributed by atoms with E-state index in [4.69, 9.17) is 0 Å². The molecule has 4 heteroatoms. The summed E-state index contributed by atoms with van der Waals surface area (Å²) in [5, 5.41) is 1.41. The van der Waals surface area contributed by atoms with Gasteiger partial charge in [0.15, 0.2) is 0 Å². The Morgan fingerprint density at radius 3 is 2.59 bits per heavy atom. The van der Waals surface area contributed by atoms with Crippen molar-refractivity contribution in [2.75, 3.05) is 0 Å². The van der Waals surface area contributed by atoms with Crippen molar-refractivity contribution in [3.05, 3.63) is 59.1 Å². The van der Waals surface area contributed by atoms with Gasteiger partial charge in [-0.25, -0.2) is 0 Å². The molecule has 0 saturated heterocycles. The number of aromatic nitrogens is 2. The van der Waals surface area contributed by atoms with Crippen LogP contribution in [0.3, 0.4) is 0 Å². The second-order valence-electron chi connectivity index (χ2n) is 3.56. The Bertz CT molecular complexity index is 722. The van der Waals surface area contributed by atoms with E-state index in [0.29, 0.717) is 5.39 Å². The van der Waals surface area contributed by atoms with Crippen LogP contribution in [0.2, 0.25) is 0 Å². The molecule has 2 heterocycles. The second-order valence-corrected chi connectivity index (χ2v) is 4.59. The first-order chi connectivity index (χ1) is 8.34. The summed E-state index contributed by atoms with van der Waals surface area (Å²) >= 11 is 1.52. The van der Waals surface area contributed by atoms with E-state index in [1.165, 1.54) is 11.3 Å². The molecule has 2 aromatic heterocycles. The summed E-state index contributed by atoms with van der Waals surface area (Å²) < 4.78 is 0.958. The summed E-state index contributed by atoms with van der Waals surface area (Å²) in [4.78, 5) is 19.9. The third-order valence-corrected chi connectivity index (χ3v) is 3.55. The lowest BCUT2D eigenvalue weighted by atomic mass is 10.2. The minimum atomic E-state index is -0.175. The quantitative estimate of drug-likeness (QED) is 0.656. The second kappa shape index (κ2) is 4.07. The summed E-state index contributed by atoms with van der Waals surface area (Å²) in [5.41, 5.74) is 0.749. The Kier molecular flexibility index (Phi) is 2.42. The molecule has 0 spiro atoms. The fraction of sp³-hybridized carbons (Fsp3) is 0. The summed E-state index contributed by atoms with van der Waals surface area (Å²) in [6.45, 7) is 0. The molecule has 0 amide bonds. The number of fused-ring (bicyclic) bond motifs is 1. The van der Waals surface area contributed by atoms with Crippen LogP contribution >= 0.6 is 11.3 Å². The highest BCUT2D eigenvalue weighted by molar-refractivity contribution is 7.21. The molecule has 3 rings (SSSR count). The average molecular weight is 240 g/mol. The molecule has 0 bridgehead atoms. The van der Waals surface area contributed by atoms with E-state index >= 15 is 0 Å². The van der Waals surface area contributed by atoms with Crippen molar-refractivity contribution in [2.24, 2.45) is 0 Å². The van der Waals surface area contributed by atoms with E-state index in [1.807, 2.05) is 30.3 Å². The molecular formula is C13H8N2OS. The van der Waals surface area contributed by atoms with E-state index in [1.54, 1.807) is 18.5 Å². The molecule has 0 radical (unpaired) electrons. The Labute approximate surface area is 101 Å². The fourth-order valence-electron chi connectivity index (χ4n) is 1.63. The van der Waals surface area contributed by atoms with Gasteiger partial charge in [-0.2, -0.15) is 4.98 Å². The molecule has 0 atom stereocenters. The number of pyridine rings is 1. The van der Waals surface area contributed by atoms with Crippen LogP contribution in [0.5, 0.6) is 0 Å². The van der Waals surface area contributed by atoms with Gasteiger partial charge in [-0.05, 0) is 24.3 Å². The highest BCUT2D eigenvalue weighted by atomic mass is 32.1. The molecule has 0 fully saturated rings. The lowest BCUT2D eigenvalue weighted by Gasteiger charge is -2.00. The van der Waals surface area contributed by atoms with E-state index in [-0.39, 0.29) is 5.56 Å². The van der Waals surface area contributed by atoms with Gasteiger partial charge in [0.25, 0.3) is 5.56 Å². The SMILES string of the molecule is O=c1nc(-c2ccncc2)sc2ccccc12. The van der Waals surface area contributed by atoms with Crippen LogP contribution in [0.15, 0.2) is 53.6 Å². The summed E-state index contributed by atoms with van der Waals surface area (Å²) in [6, 6.07) is 11.2. The predicted octanol–water partition coefficient (Wildman–Crippen LogP) is 2.72. The standard InChI is InChI=1S/C13H8N2OS/c16-12-10-3-1-2-4-11(10)17-13(15-12)9-5-7-14-8-6-9/h1-8H. The van der Waals surface area contributed by atoms with Crippen LogP contribution in [-0.2, 0) is 0 Å². The van der Waals surface area contributed by atoms with Gasteiger partial charge in [0.2, 0.25) is 0 Å². The van der Waals surface area contributed by atoms with Crippen LogP contribution in [0.1, 0.15) is 0 Å².